The Morgan fingerprint density at radius 2 is 2.38 bits per heavy atom. The second-order valence-corrected chi connectivity index (χ2v) is 3.35. The lowest BCUT2D eigenvalue weighted by molar-refractivity contribution is -0.392. The van der Waals surface area contributed by atoms with Crippen molar-refractivity contribution in [1.29, 1.82) is 0 Å². The number of nitrogens with zero attached hydrogens (tertiary/aromatic N) is 3. The van der Waals surface area contributed by atoms with E-state index in [1.807, 2.05) is 0 Å². The van der Waals surface area contributed by atoms with E-state index in [1.165, 1.54) is 16.9 Å². The van der Waals surface area contributed by atoms with E-state index >= 15 is 0 Å². The number of rotatable bonds is 4. The van der Waals surface area contributed by atoms with E-state index in [9.17, 15) is 10.1 Å². The molecule has 0 aliphatic heterocycles. The minimum atomic E-state index is -0.409. The van der Waals surface area contributed by atoms with Crippen LogP contribution in [0.1, 0.15) is 20.3 Å². The smallest absolute Gasteiger partial charge is 0.344 e. The maximum Gasteiger partial charge on any atom is 0.344 e. The molecule has 0 radical (unpaired) electrons. The van der Waals surface area contributed by atoms with E-state index in [0.29, 0.717) is 12.5 Å². The average molecular weight is 183 g/mol. The summed E-state index contributed by atoms with van der Waals surface area (Å²) in [7, 11) is 0. The van der Waals surface area contributed by atoms with Crippen molar-refractivity contribution < 1.29 is 4.92 Å². The van der Waals surface area contributed by atoms with Crippen LogP contribution in [0.5, 0.6) is 0 Å². The zero-order chi connectivity index (χ0) is 9.84. The third-order valence-electron chi connectivity index (χ3n) is 1.80. The Morgan fingerprint density at radius 1 is 1.69 bits per heavy atom. The van der Waals surface area contributed by atoms with Crippen molar-refractivity contribution in [3.05, 3.63) is 22.4 Å². The zero-order valence-corrected chi connectivity index (χ0v) is 7.80. The van der Waals surface area contributed by atoms with Gasteiger partial charge in [0.1, 0.15) is 6.54 Å². The molecule has 5 heteroatoms. The normalized spacial score (nSPS) is 10.7. The Morgan fingerprint density at radius 3 is 2.92 bits per heavy atom. The van der Waals surface area contributed by atoms with Crippen LogP contribution in [0.2, 0.25) is 0 Å². The predicted molar refractivity (Wildman–Crippen MR) is 48.3 cm³/mol. The molecule has 0 aliphatic carbocycles. The molecule has 1 heterocycles. The number of hydrogen-bond acceptors (Lipinski definition) is 3. The van der Waals surface area contributed by atoms with Gasteiger partial charge in [-0.2, -0.15) is 0 Å². The highest BCUT2D eigenvalue weighted by Crippen LogP contribution is 2.11. The van der Waals surface area contributed by atoms with Gasteiger partial charge in [-0.1, -0.05) is 18.9 Å². The predicted octanol–water partition coefficient (Wildman–Crippen LogP) is 1.84. The topological polar surface area (TPSA) is 61.0 Å². The van der Waals surface area contributed by atoms with Crippen molar-refractivity contribution in [2.24, 2.45) is 5.92 Å². The van der Waals surface area contributed by atoms with E-state index in [1.54, 1.807) is 0 Å². The van der Waals surface area contributed by atoms with Gasteiger partial charge in [0.15, 0.2) is 0 Å². The lowest BCUT2D eigenvalue weighted by atomic mass is 10.1. The summed E-state index contributed by atoms with van der Waals surface area (Å²) < 4.78 is 1.43. The lowest BCUT2D eigenvalue weighted by Crippen LogP contribution is -2.06. The van der Waals surface area contributed by atoms with Gasteiger partial charge in [0.05, 0.1) is 12.3 Å². The van der Waals surface area contributed by atoms with Crippen molar-refractivity contribution in [3.8, 4) is 0 Å². The third-order valence-corrected chi connectivity index (χ3v) is 1.80. The lowest BCUT2D eigenvalue weighted by Gasteiger charge is -2.01. The Hall–Kier alpha value is -1.39. The van der Waals surface area contributed by atoms with E-state index < -0.39 is 4.92 Å². The van der Waals surface area contributed by atoms with Crippen LogP contribution in [0.25, 0.3) is 0 Å². The first-order valence-electron chi connectivity index (χ1n) is 4.27. The SMILES string of the molecule is CC(C)CCn1nccc1[N+](=O)[O-]. The monoisotopic (exact) mass is 183 g/mol. The highest BCUT2D eigenvalue weighted by Gasteiger charge is 2.12. The first-order valence-corrected chi connectivity index (χ1v) is 4.27. The standard InChI is InChI=1S/C8H13N3O2/c1-7(2)4-6-10-8(11(12)13)3-5-9-10/h3,5,7H,4,6H2,1-2H3. The molecule has 0 amide bonds. The molecular formula is C8H13N3O2. The van der Waals surface area contributed by atoms with Crippen LogP contribution < -0.4 is 0 Å². The Labute approximate surface area is 76.5 Å². The van der Waals surface area contributed by atoms with Gasteiger partial charge >= 0.3 is 5.82 Å². The molecular weight excluding hydrogens is 170 g/mol. The van der Waals surface area contributed by atoms with E-state index in [2.05, 4.69) is 18.9 Å². The summed E-state index contributed by atoms with van der Waals surface area (Å²) in [5.74, 6) is 0.601. The molecule has 0 bridgehead atoms. The molecule has 0 saturated heterocycles. The van der Waals surface area contributed by atoms with Crippen molar-refractivity contribution in [1.82, 2.24) is 9.78 Å². The molecule has 0 aliphatic rings. The highest BCUT2D eigenvalue weighted by molar-refractivity contribution is 5.15. The van der Waals surface area contributed by atoms with Gasteiger partial charge in [0.2, 0.25) is 0 Å². The number of nitro groups is 1. The Bertz CT molecular complexity index is 293. The minimum Gasteiger partial charge on any atom is -0.358 e. The summed E-state index contributed by atoms with van der Waals surface area (Å²) in [6.07, 6.45) is 2.36. The van der Waals surface area contributed by atoms with Gasteiger partial charge in [-0.15, -0.1) is 4.68 Å². The number of hydrogen-bond donors (Lipinski definition) is 0. The summed E-state index contributed by atoms with van der Waals surface area (Å²) in [5, 5.41) is 14.4. The second-order valence-electron chi connectivity index (χ2n) is 3.35. The molecule has 0 atom stereocenters. The Balaban J connectivity index is 2.65. The van der Waals surface area contributed by atoms with Crippen LogP contribution >= 0.6 is 0 Å². The Kier molecular flexibility index (Phi) is 3.00. The van der Waals surface area contributed by atoms with E-state index in [-0.39, 0.29) is 5.82 Å². The molecule has 0 fully saturated rings. The van der Waals surface area contributed by atoms with Crippen LogP contribution in [-0.4, -0.2) is 14.7 Å². The summed E-state index contributed by atoms with van der Waals surface area (Å²) in [6.45, 7) is 4.77. The molecule has 1 aromatic rings. The molecule has 0 aromatic carbocycles. The summed E-state index contributed by atoms with van der Waals surface area (Å²) in [5.41, 5.74) is 0. The molecule has 0 unspecified atom stereocenters. The minimum absolute atomic E-state index is 0.0700. The first-order chi connectivity index (χ1) is 6.11. The second kappa shape index (κ2) is 4.02. The van der Waals surface area contributed by atoms with Gasteiger partial charge in [0, 0.05) is 0 Å². The van der Waals surface area contributed by atoms with Crippen LogP contribution in [-0.2, 0) is 6.54 Å². The van der Waals surface area contributed by atoms with Gasteiger partial charge in [-0.3, -0.25) is 0 Å². The van der Waals surface area contributed by atoms with E-state index in [4.69, 9.17) is 0 Å². The van der Waals surface area contributed by atoms with Gasteiger partial charge in [-0.05, 0) is 17.3 Å². The zero-order valence-electron chi connectivity index (χ0n) is 7.80. The van der Waals surface area contributed by atoms with Crippen LogP contribution in [0, 0.1) is 16.0 Å². The van der Waals surface area contributed by atoms with Gasteiger partial charge in [-0.25, -0.2) is 0 Å². The van der Waals surface area contributed by atoms with Gasteiger partial charge in [0.25, 0.3) is 0 Å². The van der Waals surface area contributed by atoms with Crippen molar-refractivity contribution in [2.45, 2.75) is 26.8 Å². The summed E-state index contributed by atoms with van der Waals surface area (Å²) >= 11 is 0. The van der Waals surface area contributed by atoms with Crippen LogP contribution in [0.4, 0.5) is 5.82 Å². The van der Waals surface area contributed by atoms with Gasteiger partial charge < -0.3 is 10.1 Å². The maximum absolute atomic E-state index is 10.5. The fourth-order valence-corrected chi connectivity index (χ4v) is 1.03. The van der Waals surface area contributed by atoms with Crippen molar-refractivity contribution in [2.75, 3.05) is 0 Å². The molecule has 1 rings (SSSR count). The number of aromatic nitrogens is 2. The number of aryl methyl sites for hydroxylation is 1. The molecule has 0 spiro atoms. The molecule has 0 saturated carbocycles. The highest BCUT2D eigenvalue weighted by atomic mass is 16.6. The van der Waals surface area contributed by atoms with Crippen LogP contribution in [0.3, 0.4) is 0 Å². The fraction of sp³-hybridized carbons (Fsp3) is 0.625. The van der Waals surface area contributed by atoms with E-state index in [0.717, 1.165) is 6.42 Å². The molecule has 72 valence electrons. The quantitative estimate of drug-likeness (QED) is 0.528. The van der Waals surface area contributed by atoms with Crippen LogP contribution in [0.15, 0.2) is 12.3 Å². The van der Waals surface area contributed by atoms with Crippen molar-refractivity contribution >= 4 is 5.82 Å². The molecule has 0 N–H and O–H groups in total. The molecule has 1 aromatic heterocycles. The van der Waals surface area contributed by atoms with Crippen molar-refractivity contribution in [3.63, 3.8) is 0 Å². The molecule has 13 heavy (non-hydrogen) atoms. The average Bonchev–Trinajstić information content (AvgIpc) is 2.47. The third kappa shape index (κ3) is 2.54. The molecule has 5 nitrogen and oxygen atoms in total. The fourth-order valence-electron chi connectivity index (χ4n) is 1.03. The largest absolute Gasteiger partial charge is 0.358 e. The first kappa shape index (κ1) is 9.70. The summed E-state index contributed by atoms with van der Waals surface area (Å²) in [4.78, 5) is 10.1. The summed E-state index contributed by atoms with van der Waals surface area (Å²) in [6, 6.07) is 1.42. The maximum atomic E-state index is 10.5.